The lowest BCUT2D eigenvalue weighted by Crippen LogP contribution is -2.26. The van der Waals surface area contributed by atoms with Crippen LogP contribution < -0.4 is 10.6 Å². The summed E-state index contributed by atoms with van der Waals surface area (Å²) in [7, 11) is -3.39. The van der Waals surface area contributed by atoms with Crippen molar-refractivity contribution >= 4 is 32.2 Å². The number of nitrogens with zero attached hydrogens (tertiary/aromatic N) is 2. The SMILES string of the molecule is CCN(CCO)c1snc(N)c1S(C)(=O)=O. The zero-order valence-corrected chi connectivity index (χ0v) is 10.8. The number of hydrogen-bond donors (Lipinski definition) is 2. The molecule has 0 spiro atoms. The van der Waals surface area contributed by atoms with E-state index >= 15 is 0 Å². The van der Waals surface area contributed by atoms with Crippen molar-refractivity contribution in [1.82, 2.24) is 4.37 Å². The molecule has 0 atom stereocenters. The lowest BCUT2D eigenvalue weighted by Gasteiger charge is -2.20. The van der Waals surface area contributed by atoms with Gasteiger partial charge in [-0.3, -0.25) is 0 Å². The minimum atomic E-state index is -3.39. The number of anilines is 2. The average Bonchev–Trinajstić information content (AvgIpc) is 2.55. The van der Waals surface area contributed by atoms with Crippen LogP contribution in [0.4, 0.5) is 10.8 Å². The molecule has 1 rings (SSSR count). The van der Waals surface area contributed by atoms with E-state index in [9.17, 15) is 8.42 Å². The summed E-state index contributed by atoms with van der Waals surface area (Å²) >= 11 is 1.04. The Bertz CT molecular complexity index is 455. The zero-order chi connectivity index (χ0) is 12.3. The molecule has 0 bridgehead atoms. The second kappa shape index (κ2) is 4.98. The van der Waals surface area contributed by atoms with Gasteiger partial charge in [-0.25, -0.2) is 8.42 Å². The highest BCUT2D eigenvalue weighted by molar-refractivity contribution is 7.91. The Labute approximate surface area is 98.8 Å². The first-order valence-electron chi connectivity index (χ1n) is 4.72. The highest BCUT2D eigenvalue weighted by atomic mass is 32.2. The Balaban J connectivity index is 3.24. The Kier molecular flexibility index (Phi) is 4.11. The van der Waals surface area contributed by atoms with Gasteiger partial charge < -0.3 is 15.7 Å². The number of aliphatic hydroxyl groups is 1. The smallest absolute Gasteiger partial charge is 0.182 e. The number of hydrogen-bond acceptors (Lipinski definition) is 7. The fourth-order valence-electron chi connectivity index (χ4n) is 1.36. The molecule has 16 heavy (non-hydrogen) atoms. The monoisotopic (exact) mass is 265 g/mol. The number of likely N-dealkylation sites (N-methyl/N-ethyl adjacent to an activating group) is 1. The van der Waals surface area contributed by atoms with Gasteiger partial charge in [-0.15, -0.1) is 0 Å². The first-order valence-corrected chi connectivity index (χ1v) is 7.39. The van der Waals surface area contributed by atoms with Gasteiger partial charge in [-0.05, 0) is 18.5 Å². The number of nitrogens with two attached hydrogens (primary N) is 1. The number of aliphatic hydroxyl groups excluding tert-OH is 1. The van der Waals surface area contributed by atoms with E-state index in [1.165, 1.54) is 0 Å². The Morgan fingerprint density at radius 3 is 2.62 bits per heavy atom. The molecule has 8 heteroatoms. The first-order chi connectivity index (χ1) is 7.41. The fourth-order valence-corrected chi connectivity index (χ4v) is 3.65. The largest absolute Gasteiger partial charge is 0.395 e. The molecule has 1 aromatic rings. The van der Waals surface area contributed by atoms with Crippen molar-refractivity contribution in [3.05, 3.63) is 0 Å². The van der Waals surface area contributed by atoms with Gasteiger partial charge in [-0.2, -0.15) is 4.37 Å². The Hall–Kier alpha value is -0.860. The molecule has 92 valence electrons. The molecule has 0 saturated carbocycles. The van der Waals surface area contributed by atoms with Crippen molar-refractivity contribution in [2.75, 3.05) is 36.6 Å². The van der Waals surface area contributed by atoms with Gasteiger partial charge in [0, 0.05) is 19.3 Å². The molecule has 0 unspecified atom stereocenters. The van der Waals surface area contributed by atoms with Gasteiger partial charge in [0.2, 0.25) is 0 Å². The minimum Gasteiger partial charge on any atom is -0.395 e. The van der Waals surface area contributed by atoms with Crippen molar-refractivity contribution in [3.8, 4) is 0 Å². The third kappa shape index (κ3) is 2.63. The number of sulfone groups is 1. The normalized spacial score (nSPS) is 11.7. The molecule has 1 heterocycles. The van der Waals surface area contributed by atoms with Crippen LogP contribution in [-0.2, 0) is 9.84 Å². The zero-order valence-electron chi connectivity index (χ0n) is 9.17. The first kappa shape index (κ1) is 13.2. The summed E-state index contributed by atoms with van der Waals surface area (Å²) in [6.07, 6.45) is 1.10. The van der Waals surface area contributed by atoms with Gasteiger partial charge >= 0.3 is 0 Å². The maximum atomic E-state index is 11.6. The Morgan fingerprint density at radius 2 is 2.19 bits per heavy atom. The predicted molar refractivity (Wildman–Crippen MR) is 64.6 cm³/mol. The third-order valence-corrected chi connectivity index (χ3v) is 4.26. The average molecular weight is 265 g/mol. The number of nitrogen functional groups attached to an aromatic ring is 1. The summed E-state index contributed by atoms with van der Waals surface area (Å²) in [5.74, 6) is 0.0267. The van der Waals surface area contributed by atoms with Crippen LogP contribution in [0.25, 0.3) is 0 Å². The fraction of sp³-hybridized carbons (Fsp3) is 0.625. The topological polar surface area (TPSA) is 96.5 Å². The van der Waals surface area contributed by atoms with Crippen LogP contribution >= 0.6 is 11.5 Å². The van der Waals surface area contributed by atoms with E-state index in [1.54, 1.807) is 4.90 Å². The van der Waals surface area contributed by atoms with Crippen LogP contribution in [-0.4, -0.2) is 43.9 Å². The van der Waals surface area contributed by atoms with E-state index in [2.05, 4.69) is 4.37 Å². The van der Waals surface area contributed by atoms with Crippen LogP contribution in [0.5, 0.6) is 0 Å². The van der Waals surface area contributed by atoms with Crippen molar-refractivity contribution in [3.63, 3.8) is 0 Å². The molecule has 0 aliphatic rings. The van der Waals surface area contributed by atoms with Crippen LogP contribution in [0.3, 0.4) is 0 Å². The van der Waals surface area contributed by atoms with Gasteiger partial charge in [-0.1, -0.05) is 0 Å². The lowest BCUT2D eigenvalue weighted by molar-refractivity contribution is 0.302. The molecule has 0 aliphatic carbocycles. The van der Waals surface area contributed by atoms with Crippen molar-refractivity contribution in [2.24, 2.45) is 0 Å². The molecular formula is C8H15N3O3S2. The summed E-state index contributed by atoms with van der Waals surface area (Å²) < 4.78 is 27.0. The second-order valence-corrected chi connectivity index (χ2v) is 5.98. The van der Waals surface area contributed by atoms with Crippen molar-refractivity contribution in [1.29, 1.82) is 0 Å². The van der Waals surface area contributed by atoms with Crippen LogP contribution in [0.2, 0.25) is 0 Å². The van der Waals surface area contributed by atoms with Crippen molar-refractivity contribution < 1.29 is 13.5 Å². The maximum Gasteiger partial charge on any atom is 0.182 e. The van der Waals surface area contributed by atoms with Crippen molar-refractivity contribution in [2.45, 2.75) is 11.8 Å². The van der Waals surface area contributed by atoms with Gasteiger partial charge in [0.25, 0.3) is 0 Å². The number of rotatable bonds is 5. The predicted octanol–water partition coefficient (Wildman–Crippen LogP) is -0.0526. The maximum absolute atomic E-state index is 11.6. The summed E-state index contributed by atoms with van der Waals surface area (Å²) in [6, 6.07) is 0. The summed E-state index contributed by atoms with van der Waals surface area (Å²) in [6.45, 7) is 2.78. The molecule has 0 radical (unpaired) electrons. The van der Waals surface area contributed by atoms with E-state index in [1.807, 2.05) is 6.92 Å². The summed E-state index contributed by atoms with van der Waals surface area (Å²) in [5, 5.41) is 9.39. The molecule has 0 aromatic carbocycles. The molecular weight excluding hydrogens is 250 g/mol. The number of aromatic nitrogens is 1. The molecule has 0 saturated heterocycles. The van der Waals surface area contributed by atoms with E-state index in [-0.39, 0.29) is 17.3 Å². The third-order valence-electron chi connectivity index (χ3n) is 2.07. The van der Waals surface area contributed by atoms with Gasteiger partial charge in [0.05, 0.1) is 6.61 Å². The minimum absolute atomic E-state index is 0.0267. The molecule has 0 aliphatic heterocycles. The second-order valence-electron chi connectivity index (χ2n) is 3.28. The van der Waals surface area contributed by atoms with E-state index in [4.69, 9.17) is 10.8 Å². The lowest BCUT2D eigenvalue weighted by atomic mass is 10.5. The van der Waals surface area contributed by atoms with Crippen LogP contribution in [0, 0.1) is 0 Å². The Morgan fingerprint density at radius 1 is 1.56 bits per heavy atom. The molecule has 1 aromatic heterocycles. The highest BCUT2D eigenvalue weighted by Crippen LogP contribution is 2.34. The molecule has 0 amide bonds. The quantitative estimate of drug-likeness (QED) is 0.774. The van der Waals surface area contributed by atoms with E-state index < -0.39 is 9.84 Å². The van der Waals surface area contributed by atoms with Crippen LogP contribution in [0.1, 0.15) is 6.92 Å². The van der Waals surface area contributed by atoms with Gasteiger partial charge in [0.15, 0.2) is 15.7 Å². The van der Waals surface area contributed by atoms with E-state index in [0.717, 1.165) is 17.8 Å². The molecule has 0 fully saturated rings. The van der Waals surface area contributed by atoms with Gasteiger partial charge in [0.1, 0.15) is 9.90 Å². The van der Waals surface area contributed by atoms with E-state index in [0.29, 0.717) is 18.1 Å². The molecule has 6 nitrogen and oxygen atoms in total. The molecule has 3 N–H and O–H groups in total. The summed E-state index contributed by atoms with van der Waals surface area (Å²) in [4.78, 5) is 1.80. The standard InChI is InChI=1S/C8H15N3O3S2/c1-3-11(4-5-12)8-6(16(2,13)14)7(9)10-15-8/h12H,3-5H2,1-2H3,(H2,9,10). The highest BCUT2D eigenvalue weighted by Gasteiger charge is 2.24. The summed E-state index contributed by atoms with van der Waals surface area (Å²) in [5.41, 5.74) is 5.55. The van der Waals surface area contributed by atoms with Crippen LogP contribution in [0.15, 0.2) is 4.90 Å².